The summed E-state index contributed by atoms with van der Waals surface area (Å²) in [4.78, 5) is 28.2. The molecule has 130 valence electrons. The summed E-state index contributed by atoms with van der Waals surface area (Å²) >= 11 is 0. The lowest BCUT2D eigenvalue weighted by Gasteiger charge is -2.33. The molecule has 24 heavy (non-hydrogen) atoms. The number of likely N-dealkylation sites (tertiary alicyclic amines) is 2. The molecular formula is C18H24N2O4. The number of nitrogens with zero attached hydrogens (tertiary/aromatic N) is 2. The molecule has 1 aromatic carbocycles. The van der Waals surface area contributed by atoms with E-state index in [4.69, 9.17) is 4.74 Å². The summed E-state index contributed by atoms with van der Waals surface area (Å²) in [6, 6.07) is 8.60. The van der Waals surface area contributed by atoms with Gasteiger partial charge < -0.3 is 14.7 Å². The third-order valence-electron chi connectivity index (χ3n) is 4.73. The van der Waals surface area contributed by atoms with E-state index in [9.17, 15) is 14.7 Å². The summed E-state index contributed by atoms with van der Waals surface area (Å²) in [5.41, 5.74) is 0.893. The van der Waals surface area contributed by atoms with Crippen LogP contribution in [0, 0.1) is 0 Å². The van der Waals surface area contributed by atoms with Crippen LogP contribution in [0.25, 0.3) is 0 Å². The zero-order valence-electron chi connectivity index (χ0n) is 13.8. The van der Waals surface area contributed by atoms with Gasteiger partial charge in [0.05, 0.1) is 6.10 Å². The number of carbonyl (C=O) groups is 2. The molecule has 2 aliphatic rings. The standard InChI is InChI=1S/C18H24N2O4/c21-15-9-12-20(16(15)17(22)19-10-5-2-6-11-19)18(23)24-13-14-7-3-1-4-8-14/h1,3-4,7-8,15-16,21H,2,5-6,9-13H2. The van der Waals surface area contributed by atoms with E-state index in [1.165, 1.54) is 4.90 Å². The molecule has 0 spiro atoms. The molecule has 0 radical (unpaired) electrons. The molecule has 1 aromatic rings. The van der Waals surface area contributed by atoms with Crippen LogP contribution in [-0.4, -0.2) is 58.7 Å². The Morgan fingerprint density at radius 2 is 1.79 bits per heavy atom. The third-order valence-corrected chi connectivity index (χ3v) is 4.73. The minimum Gasteiger partial charge on any atom is -0.445 e. The molecule has 3 rings (SSSR count). The Bertz CT molecular complexity index is 572. The Morgan fingerprint density at radius 3 is 2.50 bits per heavy atom. The maximum absolute atomic E-state index is 12.7. The molecule has 2 unspecified atom stereocenters. The molecule has 0 aliphatic carbocycles. The van der Waals surface area contributed by atoms with E-state index in [0.29, 0.717) is 26.1 Å². The summed E-state index contributed by atoms with van der Waals surface area (Å²) < 4.78 is 5.33. The zero-order valence-corrected chi connectivity index (χ0v) is 13.8. The fourth-order valence-corrected chi connectivity index (χ4v) is 3.38. The fourth-order valence-electron chi connectivity index (χ4n) is 3.38. The van der Waals surface area contributed by atoms with Crippen molar-refractivity contribution in [2.24, 2.45) is 0 Å². The summed E-state index contributed by atoms with van der Waals surface area (Å²) in [6.07, 6.45) is 2.14. The predicted molar refractivity (Wildman–Crippen MR) is 88.2 cm³/mol. The second-order valence-electron chi connectivity index (χ2n) is 6.42. The Hall–Kier alpha value is -2.08. The molecular weight excluding hydrogens is 308 g/mol. The van der Waals surface area contributed by atoms with E-state index >= 15 is 0 Å². The molecule has 6 nitrogen and oxygen atoms in total. The lowest BCUT2D eigenvalue weighted by molar-refractivity contribution is -0.139. The lowest BCUT2D eigenvalue weighted by atomic mass is 10.1. The smallest absolute Gasteiger partial charge is 0.410 e. The fraction of sp³-hybridized carbons (Fsp3) is 0.556. The maximum Gasteiger partial charge on any atom is 0.410 e. The summed E-state index contributed by atoms with van der Waals surface area (Å²) in [6.45, 7) is 1.92. The highest BCUT2D eigenvalue weighted by molar-refractivity contribution is 5.87. The largest absolute Gasteiger partial charge is 0.445 e. The van der Waals surface area contributed by atoms with Gasteiger partial charge in [-0.3, -0.25) is 9.69 Å². The molecule has 1 N–H and O–H groups in total. The van der Waals surface area contributed by atoms with E-state index < -0.39 is 18.2 Å². The van der Waals surface area contributed by atoms with E-state index in [1.54, 1.807) is 4.90 Å². The van der Waals surface area contributed by atoms with Gasteiger partial charge in [-0.15, -0.1) is 0 Å². The number of piperidine rings is 1. The van der Waals surface area contributed by atoms with Gasteiger partial charge in [0.25, 0.3) is 0 Å². The number of carbonyl (C=O) groups excluding carboxylic acids is 2. The highest BCUT2D eigenvalue weighted by Gasteiger charge is 2.43. The summed E-state index contributed by atoms with van der Waals surface area (Å²) in [7, 11) is 0. The van der Waals surface area contributed by atoms with Crippen molar-refractivity contribution >= 4 is 12.0 Å². The first kappa shape index (κ1) is 16.8. The maximum atomic E-state index is 12.7. The number of hydrogen-bond acceptors (Lipinski definition) is 4. The molecule has 2 heterocycles. The van der Waals surface area contributed by atoms with Gasteiger partial charge in [0, 0.05) is 19.6 Å². The summed E-state index contributed by atoms with van der Waals surface area (Å²) in [5, 5.41) is 10.2. The Labute approximate surface area is 142 Å². The van der Waals surface area contributed by atoms with Crippen molar-refractivity contribution in [3.63, 3.8) is 0 Å². The first-order chi connectivity index (χ1) is 11.7. The number of aliphatic hydroxyl groups is 1. The van der Waals surface area contributed by atoms with Crippen molar-refractivity contribution in [1.82, 2.24) is 9.80 Å². The monoisotopic (exact) mass is 332 g/mol. The van der Waals surface area contributed by atoms with Gasteiger partial charge in [0.2, 0.25) is 5.91 Å². The van der Waals surface area contributed by atoms with Gasteiger partial charge in [-0.25, -0.2) is 4.79 Å². The van der Waals surface area contributed by atoms with E-state index in [2.05, 4.69) is 0 Å². The lowest BCUT2D eigenvalue weighted by Crippen LogP contribution is -2.52. The summed E-state index contributed by atoms with van der Waals surface area (Å²) in [5.74, 6) is -0.156. The number of aliphatic hydroxyl groups excluding tert-OH is 1. The van der Waals surface area contributed by atoms with Crippen molar-refractivity contribution in [3.8, 4) is 0 Å². The van der Waals surface area contributed by atoms with Crippen LogP contribution >= 0.6 is 0 Å². The van der Waals surface area contributed by atoms with Gasteiger partial charge in [0.1, 0.15) is 12.6 Å². The molecule has 0 aromatic heterocycles. The van der Waals surface area contributed by atoms with Crippen LogP contribution in [0.3, 0.4) is 0 Å². The van der Waals surface area contributed by atoms with E-state index in [1.807, 2.05) is 30.3 Å². The quantitative estimate of drug-likeness (QED) is 0.916. The van der Waals surface area contributed by atoms with Crippen molar-refractivity contribution in [1.29, 1.82) is 0 Å². The van der Waals surface area contributed by atoms with Crippen molar-refractivity contribution in [3.05, 3.63) is 35.9 Å². The van der Waals surface area contributed by atoms with Crippen LogP contribution in [-0.2, 0) is 16.1 Å². The van der Waals surface area contributed by atoms with Crippen LogP contribution in [0.2, 0.25) is 0 Å². The minimum atomic E-state index is -0.816. The third kappa shape index (κ3) is 3.70. The van der Waals surface area contributed by atoms with Gasteiger partial charge in [0.15, 0.2) is 0 Å². The molecule has 2 amide bonds. The van der Waals surface area contributed by atoms with Crippen molar-refractivity contribution in [2.75, 3.05) is 19.6 Å². The number of rotatable bonds is 3. The first-order valence-electron chi connectivity index (χ1n) is 8.61. The van der Waals surface area contributed by atoms with Gasteiger partial charge in [-0.1, -0.05) is 30.3 Å². The Kier molecular flexibility index (Phi) is 5.35. The number of hydrogen-bond donors (Lipinski definition) is 1. The van der Waals surface area contributed by atoms with Crippen LogP contribution in [0.15, 0.2) is 30.3 Å². The predicted octanol–water partition coefficient (Wildman–Crippen LogP) is 1.77. The van der Waals surface area contributed by atoms with Gasteiger partial charge in [-0.2, -0.15) is 0 Å². The van der Waals surface area contributed by atoms with E-state index in [-0.39, 0.29) is 12.5 Å². The number of ether oxygens (including phenoxy) is 1. The Morgan fingerprint density at radius 1 is 1.08 bits per heavy atom. The molecule has 2 saturated heterocycles. The topological polar surface area (TPSA) is 70.1 Å². The molecule has 0 saturated carbocycles. The van der Waals surface area contributed by atoms with Crippen LogP contribution in [0.4, 0.5) is 4.79 Å². The van der Waals surface area contributed by atoms with Crippen LogP contribution in [0.5, 0.6) is 0 Å². The number of benzene rings is 1. The van der Waals surface area contributed by atoms with E-state index in [0.717, 1.165) is 24.8 Å². The average Bonchev–Trinajstić information content (AvgIpc) is 3.02. The van der Waals surface area contributed by atoms with Crippen LogP contribution in [0.1, 0.15) is 31.2 Å². The molecule has 6 heteroatoms. The van der Waals surface area contributed by atoms with Crippen LogP contribution < -0.4 is 0 Å². The molecule has 2 aliphatic heterocycles. The number of amides is 2. The second kappa shape index (κ2) is 7.66. The zero-order chi connectivity index (χ0) is 16.9. The molecule has 0 bridgehead atoms. The van der Waals surface area contributed by atoms with Crippen molar-refractivity contribution in [2.45, 2.75) is 44.4 Å². The van der Waals surface area contributed by atoms with Crippen molar-refractivity contribution < 1.29 is 19.4 Å². The highest BCUT2D eigenvalue weighted by atomic mass is 16.6. The first-order valence-corrected chi connectivity index (χ1v) is 8.61. The Balaban J connectivity index is 1.62. The normalized spacial score (nSPS) is 24.0. The van der Waals surface area contributed by atoms with Gasteiger partial charge >= 0.3 is 6.09 Å². The second-order valence-corrected chi connectivity index (χ2v) is 6.42. The highest BCUT2D eigenvalue weighted by Crippen LogP contribution is 2.23. The SMILES string of the molecule is O=C(C1C(O)CCN1C(=O)OCc1ccccc1)N1CCCCC1. The van der Waals surface area contributed by atoms with Gasteiger partial charge in [-0.05, 0) is 31.2 Å². The molecule has 2 fully saturated rings. The minimum absolute atomic E-state index is 0.156. The average molecular weight is 332 g/mol. The molecule has 2 atom stereocenters.